The van der Waals surface area contributed by atoms with Crippen molar-refractivity contribution < 1.29 is 23.4 Å². The van der Waals surface area contributed by atoms with E-state index in [1.54, 1.807) is 7.11 Å². The summed E-state index contributed by atoms with van der Waals surface area (Å²) in [5.41, 5.74) is 0. The van der Waals surface area contributed by atoms with Crippen molar-refractivity contribution in [1.29, 1.82) is 0 Å². The number of carbonyl (C=O) groups is 1. The van der Waals surface area contributed by atoms with Gasteiger partial charge in [0.25, 0.3) is 8.32 Å². The molecule has 0 aromatic heterocycles. The molecule has 0 saturated heterocycles. The lowest BCUT2D eigenvalue weighted by Crippen LogP contribution is -2.67. The summed E-state index contributed by atoms with van der Waals surface area (Å²) in [5.74, 6) is -0.343. The van der Waals surface area contributed by atoms with E-state index in [2.05, 4.69) is 69.3 Å². The molecule has 0 heterocycles. The quantitative estimate of drug-likeness (QED) is 0.300. The van der Waals surface area contributed by atoms with Crippen LogP contribution in [0, 0.1) is 5.92 Å². The van der Waals surface area contributed by atoms with Gasteiger partial charge in [-0.2, -0.15) is 0 Å². The summed E-state index contributed by atoms with van der Waals surface area (Å²) in [7, 11) is 0.308. The molecule has 0 radical (unpaired) electrons. The normalized spacial score (nSPS) is 14.1. The van der Waals surface area contributed by atoms with Crippen LogP contribution in [0.3, 0.4) is 0 Å². The Balaban J connectivity index is 2.45. The van der Waals surface area contributed by atoms with Crippen molar-refractivity contribution in [2.45, 2.75) is 45.3 Å². The number of hydrogen-bond donors (Lipinski definition) is 0. The Hall–Kier alpha value is -1.99. The van der Waals surface area contributed by atoms with Gasteiger partial charge in [-0.1, -0.05) is 88.4 Å². The number of esters is 1. The number of hydrogen-bond acceptors (Lipinski definition) is 5. The first-order valence-corrected chi connectivity index (χ1v) is 12.6. The summed E-state index contributed by atoms with van der Waals surface area (Å²) < 4.78 is 22.9. The van der Waals surface area contributed by atoms with E-state index in [0.717, 1.165) is 0 Å². The van der Waals surface area contributed by atoms with Gasteiger partial charge < -0.3 is 18.6 Å². The summed E-state index contributed by atoms with van der Waals surface area (Å²) in [6.45, 7) is 9.19. The number of rotatable bonds is 11. The highest BCUT2D eigenvalue weighted by Gasteiger charge is 2.50. The summed E-state index contributed by atoms with van der Waals surface area (Å²) in [6.07, 6.45) is -0.0460. The number of carbonyl (C=O) groups excluding carboxylic acids is 1. The van der Waals surface area contributed by atoms with Gasteiger partial charge in [-0.25, -0.2) is 0 Å². The van der Waals surface area contributed by atoms with E-state index in [9.17, 15) is 4.79 Å². The molecule has 5 nitrogen and oxygen atoms in total. The van der Waals surface area contributed by atoms with Gasteiger partial charge in [0.15, 0.2) is 0 Å². The zero-order valence-electron chi connectivity index (χ0n) is 19.6. The van der Waals surface area contributed by atoms with Gasteiger partial charge in [-0.05, 0) is 21.3 Å². The van der Waals surface area contributed by atoms with E-state index < -0.39 is 8.32 Å². The summed E-state index contributed by atoms with van der Waals surface area (Å²) in [4.78, 5) is 11.9. The molecule has 0 aliphatic heterocycles. The van der Waals surface area contributed by atoms with Crippen LogP contribution in [0.2, 0.25) is 5.04 Å². The van der Waals surface area contributed by atoms with E-state index in [0.29, 0.717) is 6.61 Å². The topological polar surface area (TPSA) is 54.0 Å². The van der Waals surface area contributed by atoms with E-state index in [1.165, 1.54) is 17.5 Å². The maximum absolute atomic E-state index is 11.9. The Morgan fingerprint density at radius 1 is 0.935 bits per heavy atom. The van der Waals surface area contributed by atoms with E-state index >= 15 is 0 Å². The molecule has 0 saturated carbocycles. The molecule has 0 spiro atoms. The van der Waals surface area contributed by atoms with Crippen molar-refractivity contribution in [3.8, 4) is 0 Å². The van der Waals surface area contributed by atoms with Gasteiger partial charge in [-0.15, -0.1) is 0 Å². The molecule has 2 aromatic rings. The van der Waals surface area contributed by atoms with Gasteiger partial charge in [0, 0.05) is 7.11 Å². The maximum atomic E-state index is 11.9. The third kappa shape index (κ3) is 6.26. The molecular weight excluding hydrogens is 408 g/mol. The Bertz CT molecular complexity index is 749. The summed E-state index contributed by atoms with van der Waals surface area (Å²) in [5, 5.41) is 2.28. The molecule has 0 amide bonds. The van der Waals surface area contributed by atoms with Crippen LogP contribution < -0.4 is 10.4 Å². The summed E-state index contributed by atoms with van der Waals surface area (Å²) >= 11 is 0. The molecule has 0 unspecified atom stereocenters. The largest absolute Gasteiger partial charge is 0.469 e. The first-order chi connectivity index (χ1) is 14.8. The van der Waals surface area contributed by atoms with E-state index in [4.69, 9.17) is 18.6 Å². The van der Waals surface area contributed by atoms with E-state index in [-0.39, 0.29) is 36.2 Å². The molecule has 6 heteroatoms. The van der Waals surface area contributed by atoms with Crippen LogP contribution in [-0.4, -0.2) is 48.0 Å². The fourth-order valence-corrected chi connectivity index (χ4v) is 8.55. The average molecular weight is 445 g/mol. The minimum absolute atomic E-state index is 0.0826. The molecule has 0 fully saturated rings. The maximum Gasteiger partial charge on any atom is 0.305 e. The summed E-state index contributed by atoms with van der Waals surface area (Å²) in [6, 6.07) is 20.9. The fraction of sp³-hybridized carbons (Fsp3) is 0.480. The Morgan fingerprint density at radius 2 is 1.45 bits per heavy atom. The second-order valence-electron chi connectivity index (χ2n) is 8.84. The van der Waals surface area contributed by atoms with Crippen molar-refractivity contribution >= 4 is 24.7 Å². The second-order valence-corrected chi connectivity index (χ2v) is 13.1. The lowest BCUT2D eigenvalue weighted by molar-refractivity contribution is -0.145. The van der Waals surface area contributed by atoms with Gasteiger partial charge in [0.05, 0.1) is 26.2 Å². The van der Waals surface area contributed by atoms with Crippen LogP contribution in [0.15, 0.2) is 60.7 Å². The van der Waals surface area contributed by atoms with Gasteiger partial charge in [0.1, 0.15) is 6.79 Å². The number of ether oxygens (including phenoxy) is 3. The minimum Gasteiger partial charge on any atom is -0.469 e. The molecule has 2 atom stereocenters. The molecular formula is C25H36O5Si. The highest BCUT2D eigenvalue weighted by molar-refractivity contribution is 6.99. The van der Waals surface area contributed by atoms with Crippen LogP contribution in [0.5, 0.6) is 0 Å². The SMILES string of the molecule is COCO[C@H](CO[Si](c1ccccc1)(c1ccccc1)C(C)(C)C)[C@H](C)CC(=O)OC. The Kier molecular flexibility index (Phi) is 9.44. The highest BCUT2D eigenvalue weighted by atomic mass is 28.4. The molecule has 31 heavy (non-hydrogen) atoms. The third-order valence-corrected chi connectivity index (χ3v) is 10.6. The zero-order chi connectivity index (χ0) is 22.9. The Morgan fingerprint density at radius 3 is 1.87 bits per heavy atom. The lowest BCUT2D eigenvalue weighted by Gasteiger charge is -2.44. The van der Waals surface area contributed by atoms with Crippen LogP contribution >= 0.6 is 0 Å². The van der Waals surface area contributed by atoms with Crippen molar-refractivity contribution in [2.75, 3.05) is 27.6 Å². The Labute approximate surface area is 187 Å². The minimum atomic E-state index is -2.68. The van der Waals surface area contributed by atoms with Crippen molar-refractivity contribution in [3.63, 3.8) is 0 Å². The first-order valence-electron chi connectivity index (χ1n) is 10.7. The van der Waals surface area contributed by atoms with E-state index in [1.807, 2.05) is 19.1 Å². The lowest BCUT2D eigenvalue weighted by atomic mass is 10.0. The van der Waals surface area contributed by atoms with Crippen LogP contribution in [0.25, 0.3) is 0 Å². The average Bonchev–Trinajstić information content (AvgIpc) is 2.76. The zero-order valence-corrected chi connectivity index (χ0v) is 20.6. The molecule has 2 aromatic carbocycles. The molecule has 0 bridgehead atoms. The van der Waals surface area contributed by atoms with Crippen LogP contribution in [0.4, 0.5) is 0 Å². The van der Waals surface area contributed by atoms with Gasteiger partial charge >= 0.3 is 5.97 Å². The van der Waals surface area contributed by atoms with Crippen molar-refractivity contribution in [2.24, 2.45) is 5.92 Å². The van der Waals surface area contributed by atoms with Crippen molar-refractivity contribution in [1.82, 2.24) is 0 Å². The first kappa shape index (κ1) is 25.3. The standard InChI is InChI=1S/C25H36O5Si/c1-20(17-24(26)28-6)23(29-19-27-5)18-30-31(25(2,3)4,21-13-9-7-10-14-21)22-15-11-8-12-16-22/h7-16,20,23H,17-19H2,1-6H3/t20-,23-/m1/s1. The number of benzene rings is 2. The predicted molar refractivity (Wildman–Crippen MR) is 126 cm³/mol. The third-order valence-electron chi connectivity index (χ3n) is 5.63. The van der Waals surface area contributed by atoms with Gasteiger partial charge in [-0.3, -0.25) is 4.79 Å². The van der Waals surface area contributed by atoms with Crippen molar-refractivity contribution in [3.05, 3.63) is 60.7 Å². The highest BCUT2D eigenvalue weighted by Crippen LogP contribution is 2.37. The fourth-order valence-electron chi connectivity index (χ4n) is 3.98. The molecule has 2 rings (SSSR count). The molecule has 0 aliphatic carbocycles. The van der Waals surface area contributed by atoms with Crippen LogP contribution in [0.1, 0.15) is 34.1 Å². The monoisotopic (exact) mass is 444 g/mol. The molecule has 0 N–H and O–H groups in total. The smallest absolute Gasteiger partial charge is 0.305 e. The second kappa shape index (κ2) is 11.6. The van der Waals surface area contributed by atoms with Crippen LogP contribution in [-0.2, 0) is 23.4 Å². The molecule has 170 valence electrons. The number of methoxy groups -OCH3 is 2. The molecule has 0 aliphatic rings. The van der Waals surface area contributed by atoms with Gasteiger partial charge in [0.2, 0.25) is 0 Å². The predicted octanol–water partition coefficient (Wildman–Crippen LogP) is 3.75.